The molecule has 2 atom stereocenters. The van der Waals surface area contributed by atoms with Crippen LogP contribution in [-0.2, 0) is 4.74 Å². The summed E-state index contributed by atoms with van der Waals surface area (Å²) in [5, 5.41) is 0. The van der Waals surface area contributed by atoms with Gasteiger partial charge in [0.15, 0.2) is 0 Å². The summed E-state index contributed by atoms with van der Waals surface area (Å²) in [7, 11) is 1.77. The van der Waals surface area contributed by atoms with Crippen molar-refractivity contribution in [2.75, 3.05) is 7.11 Å². The van der Waals surface area contributed by atoms with E-state index < -0.39 is 0 Å². The average Bonchev–Trinajstić information content (AvgIpc) is 2.82. The monoisotopic (exact) mass is 199 g/mol. The molecule has 0 spiro atoms. The van der Waals surface area contributed by atoms with Gasteiger partial charge in [-0.2, -0.15) is 0 Å². The fraction of sp³-hybridized carbons (Fsp3) is 1.00. The summed E-state index contributed by atoms with van der Waals surface area (Å²) in [5.74, 6) is 0.971. The molecule has 1 saturated carbocycles. The molecule has 2 unspecified atom stereocenters. The average molecular weight is 199 g/mol. The molecule has 1 aliphatic rings. The molecule has 2 heteroatoms. The predicted molar refractivity (Wildman–Crippen MR) is 60.2 cm³/mol. The molecular formula is C12H25NO. The molecule has 0 aliphatic heterocycles. The van der Waals surface area contributed by atoms with Crippen LogP contribution >= 0.6 is 0 Å². The van der Waals surface area contributed by atoms with Crippen molar-refractivity contribution in [3.8, 4) is 0 Å². The third-order valence-electron chi connectivity index (χ3n) is 3.10. The minimum atomic E-state index is 0.151. The van der Waals surface area contributed by atoms with Crippen molar-refractivity contribution in [2.24, 2.45) is 17.1 Å². The highest BCUT2D eigenvalue weighted by atomic mass is 16.5. The number of ether oxygens (including phenoxy) is 1. The smallest absolute Gasteiger partial charge is 0.0770 e. The molecule has 0 aromatic rings. The molecular weight excluding hydrogens is 174 g/mol. The Balaban J connectivity index is 2.33. The van der Waals surface area contributed by atoms with Crippen LogP contribution < -0.4 is 5.73 Å². The number of hydrogen-bond donors (Lipinski definition) is 1. The number of nitrogens with two attached hydrogens (primary N) is 1. The summed E-state index contributed by atoms with van der Waals surface area (Å²) >= 11 is 0. The molecule has 0 radical (unpaired) electrons. The molecule has 84 valence electrons. The van der Waals surface area contributed by atoms with Crippen molar-refractivity contribution in [2.45, 2.75) is 58.6 Å². The third kappa shape index (κ3) is 3.58. The van der Waals surface area contributed by atoms with E-state index in [-0.39, 0.29) is 17.6 Å². The first-order valence-electron chi connectivity index (χ1n) is 5.73. The highest BCUT2D eigenvalue weighted by Gasteiger charge is 2.31. The lowest BCUT2D eigenvalue weighted by Gasteiger charge is -2.34. The molecule has 0 heterocycles. The minimum absolute atomic E-state index is 0.151. The Morgan fingerprint density at radius 1 is 1.36 bits per heavy atom. The minimum Gasteiger partial charge on any atom is -0.379 e. The van der Waals surface area contributed by atoms with E-state index in [1.165, 1.54) is 19.3 Å². The summed E-state index contributed by atoms with van der Waals surface area (Å²) in [5.41, 5.74) is 6.32. The summed E-state index contributed by atoms with van der Waals surface area (Å²) in [6, 6.07) is 0.195. The first-order chi connectivity index (χ1) is 6.45. The van der Waals surface area contributed by atoms with Crippen molar-refractivity contribution in [1.29, 1.82) is 0 Å². The summed E-state index contributed by atoms with van der Waals surface area (Å²) in [4.78, 5) is 0. The number of methoxy groups -OCH3 is 1. The van der Waals surface area contributed by atoms with Crippen LogP contribution in [0.4, 0.5) is 0 Å². The maximum atomic E-state index is 6.17. The zero-order chi connectivity index (χ0) is 10.8. The van der Waals surface area contributed by atoms with Crippen LogP contribution in [0.15, 0.2) is 0 Å². The maximum absolute atomic E-state index is 6.17. The molecule has 0 amide bonds. The molecule has 1 aliphatic carbocycles. The third-order valence-corrected chi connectivity index (χ3v) is 3.10. The zero-order valence-corrected chi connectivity index (χ0v) is 10.0. The maximum Gasteiger partial charge on any atom is 0.0770 e. The van der Waals surface area contributed by atoms with Crippen LogP contribution in [0.3, 0.4) is 0 Å². The van der Waals surface area contributed by atoms with Gasteiger partial charge in [0.2, 0.25) is 0 Å². The molecule has 0 aromatic carbocycles. The quantitative estimate of drug-likeness (QED) is 0.738. The van der Waals surface area contributed by atoms with Gasteiger partial charge in [0.1, 0.15) is 0 Å². The van der Waals surface area contributed by atoms with Crippen molar-refractivity contribution in [3.05, 3.63) is 0 Å². The van der Waals surface area contributed by atoms with Gasteiger partial charge in [-0.05, 0) is 24.2 Å². The van der Waals surface area contributed by atoms with Gasteiger partial charge in [0, 0.05) is 13.2 Å². The Labute approximate surface area is 88.2 Å². The summed E-state index contributed by atoms with van der Waals surface area (Å²) in [6.07, 6.45) is 5.42. The predicted octanol–water partition coefficient (Wildman–Crippen LogP) is 2.57. The Hall–Kier alpha value is -0.0800. The lowest BCUT2D eigenvalue weighted by Crippen LogP contribution is -2.44. The van der Waals surface area contributed by atoms with Crippen LogP contribution in [0.1, 0.15) is 46.5 Å². The second kappa shape index (κ2) is 4.63. The molecule has 14 heavy (non-hydrogen) atoms. The van der Waals surface area contributed by atoms with Crippen molar-refractivity contribution in [1.82, 2.24) is 0 Å². The van der Waals surface area contributed by atoms with E-state index in [4.69, 9.17) is 10.5 Å². The van der Waals surface area contributed by atoms with E-state index in [1.807, 2.05) is 0 Å². The van der Waals surface area contributed by atoms with Gasteiger partial charge in [-0.15, -0.1) is 0 Å². The molecule has 1 fully saturated rings. The van der Waals surface area contributed by atoms with Gasteiger partial charge < -0.3 is 10.5 Å². The van der Waals surface area contributed by atoms with E-state index in [9.17, 15) is 0 Å². The topological polar surface area (TPSA) is 35.2 Å². The standard InChI is InChI=1S/C12H25NO/c1-12(2,3)11(14-4)10(13)8-7-9-5-6-9/h9-11H,5-8,13H2,1-4H3. The second-order valence-electron chi connectivity index (χ2n) is 5.71. The largest absolute Gasteiger partial charge is 0.379 e. The van der Waals surface area contributed by atoms with E-state index in [0.717, 1.165) is 12.3 Å². The Bertz CT molecular complexity index is 170. The van der Waals surface area contributed by atoms with E-state index in [0.29, 0.717) is 0 Å². The first-order valence-corrected chi connectivity index (χ1v) is 5.73. The molecule has 1 rings (SSSR count). The Kier molecular flexibility index (Phi) is 3.96. The normalized spacial score (nSPS) is 22.1. The Morgan fingerprint density at radius 2 is 1.93 bits per heavy atom. The number of hydrogen-bond acceptors (Lipinski definition) is 2. The highest BCUT2D eigenvalue weighted by Crippen LogP contribution is 2.35. The van der Waals surface area contributed by atoms with E-state index in [2.05, 4.69) is 20.8 Å². The zero-order valence-electron chi connectivity index (χ0n) is 10.0. The molecule has 0 saturated heterocycles. The SMILES string of the molecule is COC(C(N)CCC1CC1)C(C)(C)C. The molecule has 2 N–H and O–H groups in total. The van der Waals surface area contributed by atoms with Gasteiger partial charge in [-0.1, -0.05) is 33.6 Å². The molecule has 2 nitrogen and oxygen atoms in total. The van der Waals surface area contributed by atoms with Crippen molar-refractivity contribution >= 4 is 0 Å². The molecule has 0 aromatic heterocycles. The van der Waals surface area contributed by atoms with E-state index >= 15 is 0 Å². The van der Waals surface area contributed by atoms with Crippen LogP contribution in [0.2, 0.25) is 0 Å². The van der Waals surface area contributed by atoms with Crippen LogP contribution in [0.25, 0.3) is 0 Å². The Morgan fingerprint density at radius 3 is 2.29 bits per heavy atom. The highest BCUT2D eigenvalue weighted by molar-refractivity contribution is 4.85. The summed E-state index contributed by atoms with van der Waals surface area (Å²) < 4.78 is 5.50. The van der Waals surface area contributed by atoms with Crippen LogP contribution in [-0.4, -0.2) is 19.3 Å². The van der Waals surface area contributed by atoms with Crippen molar-refractivity contribution in [3.63, 3.8) is 0 Å². The van der Waals surface area contributed by atoms with Gasteiger partial charge >= 0.3 is 0 Å². The van der Waals surface area contributed by atoms with Gasteiger partial charge in [0.05, 0.1) is 6.10 Å². The van der Waals surface area contributed by atoms with Gasteiger partial charge in [-0.25, -0.2) is 0 Å². The van der Waals surface area contributed by atoms with Crippen LogP contribution in [0.5, 0.6) is 0 Å². The number of rotatable bonds is 5. The first kappa shape index (κ1) is 12.0. The second-order valence-corrected chi connectivity index (χ2v) is 5.71. The van der Waals surface area contributed by atoms with E-state index in [1.54, 1.807) is 7.11 Å². The lowest BCUT2D eigenvalue weighted by atomic mass is 9.83. The molecule has 0 bridgehead atoms. The lowest BCUT2D eigenvalue weighted by molar-refractivity contribution is -0.00424. The van der Waals surface area contributed by atoms with Crippen LogP contribution in [0, 0.1) is 11.3 Å². The van der Waals surface area contributed by atoms with Gasteiger partial charge in [0.25, 0.3) is 0 Å². The van der Waals surface area contributed by atoms with Gasteiger partial charge in [-0.3, -0.25) is 0 Å². The summed E-state index contributed by atoms with van der Waals surface area (Å²) in [6.45, 7) is 6.58. The van der Waals surface area contributed by atoms with Crippen molar-refractivity contribution < 1.29 is 4.74 Å². The fourth-order valence-electron chi connectivity index (χ4n) is 2.16. The fourth-order valence-corrected chi connectivity index (χ4v) is 2.16.